The lowest BCUT2D eigenvalue weighted by Gasteiger charge is -2.25. The Kier molecular flexibility index (Phi) is 13.1. The Hall–Kier alpha value is -12.7. The van der Waals surface area contributed by atoms with E-state index in [-0.39, 0.29) is 0 Å². The second-order valence-corrected chi connectivity index (χ2v) is 23.8. The lowest BCUT2D eigenvalue weighted by Crippen LogP contribution is -2.22. The van der Waals surface area contributed by atoms with Crippen LogP contribution >= 0.6 is 0 Å². The highest BCUT2D eigenvalue weighted by atomic mass is 15.3. The van der Waals surface area contributed by atoms with Crippen molar-refractivity contribution in [2.24, 2.45) is 0 Å². The molecule has 5 aromatic heterocycles. The van der Waals surface area contributed by atoms with E-state index in [1.165, 1.54) is 21.7 Å². The SMILES string of the molecule is C1=C\Cc2cc3c(cc2N(c2nc(-c4ccccc4)nc(-c4ccc(-c5cccc(-c6ccc(-c7nc(-c8ccccc8)nc(-n8c9ccccc9c9cc%10c(cc98)c8ccccc8n%10-c8ccccc8)n7)cc6)c5)cc4)n2)C\C=C/1)c1ccccc1n3-c1ccccc1. The first-order valence-electron chi connectivity index (χ1n) is 31.8. The van der Waals surface area contributed by atoms with Crippen LogP contribution in [0, 0.1) is 0 Å². The van der Waals surface area contributed by atoms with Crippen molar-refractivity contribution in [3.8, 4) is 85.1 Å². The number of aromatic nitrogens is 9. The summed E-state index contributed by atoms with van der Waals surface area (Å²) in [6.07, 6.45) is 9.39. The van der Waals surface area contributed by atoms with E-state index in [9.17, 15) is 0 Å². The third kappa shape index (κ3) is 9.42. The molecule has 0 fully saturated rings. The molecule has 0 N–H and O–H groups in total. The van der Waals surface area contributed by atoms with Gasteiger partial charge in [-0.15, -0.1) is 0 Å². The van der Waals surface area contributed by atoms with Gasteiger partial charge in [-0.1, -0.05) is 243 Å². The molecule has 0 bridgehead atoms. The third-order valence-electron chi connectivity index (χ3n) is 18.2. The number of hydrogen-bond acceptors (Lipinski definition) is 7. The highest BCUT2D eigenvalue weighted by Gasteiger charge is 2.25. The lowest BCUT2D eigenvalue weighted by molar-refractivity contribution is 0.954. The summed E-state index contributed by atoms with van der Waals surface area (Å²) < 4.78 is 6.96. The summed E-state index contributed by atoms with van der Waals surface area (Å²) >= 11 is 0. The largest absolute Gasteiger partial charge is 0.309 e. The molecule has 0 saturated heterocycles. The molecular weight excluding hydrogens is 1150 g/mol. The van der Waals surface area contributed by atoms with Gasteiger partial charge in [0.2, 0.25) is 11.9 Å². The number of fused-ring (bicyclic) bond motifs is 10. The number of benzene rings is 12. The average Bonchev–Trinajstić information content (AvgIpc) is 1.56. The molecule has 1 aliphatic rings. The van der Waals surface area contributed by atoms with Crippen molar-refractivity contribution in [1.82, 2.24) is 43.6 Å². The van der Waals surface area contributed by atoms with Gasteiger partial charge in [0.1, 0.15) is 0 Å². The van der Waals surface area contributed by atoms with Gasteiger partial charge in [-0.05, 0) is 107 Å². The van der Waals surface area contributed by atoms with Crippen molar-refractivity contribution in [3.05, 3.63) is 321 Å². The van der Waals surface area contributed by atoms with E-state index in [4.69, 9.17) is 29.9 Å². The molecule has 10 nitrogen and oxygen atoms in total. The highest BCUT2D eigenvalue weighted by molar-refractivity contribution is 6.19. The quantitative estimate of drug-likeness (QED) is 0.135. The van der Waals surface area contributed by atoms with Crippen LogP contribution in [0.3, 0.4) is 0 Å². The molecular formula is C84H56N10. The van der Waals surface area contributed by atoms with Gasteiger partial charge in [0.15, 0.2) is 23.3 Å². The second-order valence-electron chi connectivity index (χ2n) is 23.8. The topological polar surface area (TPSA) is 95.4 Å². The summed E-state index contributed by atoms with van der Waals surface area (Å²) in [5.74, 6) is 3.50. The number of allylic oxidation sites excluding steroid dienone is 3. The van der Waals surface area contributed by atoms with Crippen LogP contribution in [0.5, 0.6) is 0 Å². The second kappa shape index (κ2) is 22.7. The first-order chi connectivity index (χ1) is 46.6. The zero-order valence-electron chi connectivity index (χ0n) is 50.9. The maximum atomic E-state index is 5.36. The van der Waals surface area contributed by atoms with E-state index < -0.39 is 0 Å². The standard InChI is InChI=1S/C84H56N10/c1-2-22-49-91(75-52-69-66-35-16-19-38-72(66)92(64-31-12-5-13-32-64)76(69)51-63(75)28-7-1)83-87-79(57-24-8-3-9-25-57)85-81(88-83)59-45-41-55(42-46-59)61-29-23-30-62(50-61)56-43-47-60(48-44-56)82-86-80(58-26-10-4-11-27-58)89-84(90-82)94-74-40-21-18-37-68(74)71-53-77-70(54-78(71)94)67-36-17-20-39-73(67)93(77)65-33-14-6-15-34-65/h1-27,29-48,50-54H,28,49H2/b7-1-,22-2-. The molecule has 0 atom stereocenters. The summed E-state index contributed by atoms with van der Waals surface area (Å²) in [6.45, 7) is 0.556. The molecule has 0 aliphatic carbocycles. The molecule has 12 aromatic carbocycles. The molecule has 6 heterocycles. The van der Waals surface area contributed by atoms with Crippen molar-refractivity contribution < 1.29 is 0 Å². The van der Waals surface area contributed by atoms with Crippen molar-refractivity contribution in [2.45, 2.75) is 6.42 Å². The Morgan fingerprint density at radius 1 is 0.245 bits per heavy atom. The smallest absolute Gasteiger partial charge is 0.238 e. The molecule has 0 unspecified atom stereocenters. The van der Waals surface area contributed by atoms with Gasteiger partial charge in [-0.25, -0.2) is 9.97 Å². The van der Waals surface area contributed by atoms with Crippen LogP contribution in [0.15, 0.2) is 315 Å². The number of nitrogens with zero attached hydrogens (tertiary/aromatic N) is 10. The maximum absolute atomic E-state index is 5.36. The van der Waals surface area contributed by atoms with E-state index >= 15 is 0 Å². The minimum atomic E-state index is 0.548. The third-order valence-corrected chi connectivity index (χ3v) is 18.2. The van der Waals surface area contributed by atoms with E-state index in [0.717, 1.165) is 117 Å². The van der Waals surface area contributed by atoms with E-state index in [2.05, 4.69) is 298 Å². The van der Waals surface area contributed by atoms with E-state index in [0.29, 0.717) is 41.7 Å². The monoisotopic (exact) mass is 1200 g/mol. The molecule has 10 heteroatoms. The van der Waals surface area contributed by atoms with E-state index in [1.54, 1.807) is 0 Å². The molecule has 0 saturated carbocycles. The van der Waals surface area contributed by atoms with Crippen molar-refractivity contribution in [1.29, 1.82) is 0 Å². The van der Waals surface area contributed by atoms with Crippen molar-refractivity contribution >= 4 is 77.1 Å². The summed E-state index contributed by atoms with van der Waals surface area (Å²) in [5.41, 5.74) is 19.0. The summed E-state index contributed by atoms with van der Waals surface area (Å²) in [7, 11) is 0. The summed E-state index contributed by atoms with van der Waals surface area (Å²) in [5, 5.41) is 6.92. The van der Waals surface area contributed by atoms with Gasteiger partial charge < -0.3 is 14.0 Å². The van der Waals surface area contributed by atoms with Gasteiger partial charge in [0.05, 0.1) is 33.1 Å². The fourth-order valence-corrected chi connectivity index (χ4v) is 13.8. The molecule has 17 aromatic rings. The molecule has 0 amide bonds. The lowest BCUT2D eigenvalue weighted by atomic mass is 9.97. The predicted molar refractivity (Wildman–Crippen MR) is 384 cm³/mol. The molecule has 94 heavy (non-hydrogen) atoms. The summed E-state index contributed by atoms with van der Waals surface area (Å²) in [4.78, 5) is 33.9. The van der Waals surface area contributed by atoms with E-state index in [1.807, 2.05) is 36.4 Å². The van der Waals surface area contributed by atoms with Crippen molar-refractivity contribution in [3.63, 3.8) is 0 Å². The summed E-state index contributed by atoms with van der Waals surface area (Å²) in [6, 6.07) is 103. The van der Waals surface area contributed by atoms with Crippen LogP contribution in [0.2, 0.25) is 0 Å². The van der Waals surface area contributed by atoms with Crippen LogP contribution in [-0.2, 0) is 6.42 Å². The fourth-order valence-electron chi connectivity index (χ4n) is 13.8. The first kappa shape index (κ1) is 54.3. The van der Waals surface area contributed by atoms with Crippen LogP contribution in [0.4, 0.5) is 11.6 Å². The van der Waals surface area contributed by atoms with Gasteiger partial charge in [0.25, 0.3) is 0 Å². The average molecular weight is 1210 g/mol. The maximum Gasteiger partial charge on any atom is 0.238 e. The first-order valence-corrected chi connectivity index (χ1v) is 31.8. The van der Waals surface area contributed by atoms with Gasteiger partial charge in [-0.3, -0.25) is 4.57 Å². The Labute approximate surface area is 541 Å². The molecule has 0 spiro atoms. The zero-order chi connectivity index (χ0) is 62.1. The van der Waals surface area contributed by atoms with Gasteiger partial charge in [-0.2, -0.15) is 19.9 Å². The van der Waals surface area contributed by atoms with Crippen LogP contribution < -0.4 is 4.90 Å². The van der Waals surface area contributed by atoms with Gasteiger partial charge in [0, 0.05) is 78.2 Å². The number of anilines is 2. The fraction of sp³-hybridized carbons (Fsp3) is 0.0238. The Morgan fingerprint density at radius 2 is 0.617 bits per heavy atom. The predicted octanol–water partition coefficient (Wildman–Crippen LogP) is 20.2. The minimum absolute atomic E-state index is 0.548. The van der Waals surface area contributed by atoms with Gasteiger partial charge >= 0.3 is 0 Å². The van der Waals surface area contributed by atoms with Crippen LogP contribution in [-0.4, -0.2) is 50.1 Å². The zero-order valence-corrected chi connectivity index (χ0v) is 50.9. The normalized spacial score (nSPS) is 13.2. The molecule has 18 rings (SSSR count). The molecule has 0 radical (unpaired) electrons. The van der Waals surface area contributed by atoms with Crippen molar-refractivity contribution in [2.75, 3.05) is 11.4 Å². The highest BCUT2D eigenvalue weighted by Crippen LogP contribution is 2.42. The Balaban J connectivity index is 0.689. The number of rotatable bonds is 10. The minimum Gasteiger partial charge on any atom is -0.309 e. The molecule has 442 valence electrons. The molecule has 1 aliphatic heterocycles. The Morgan fingerprint density at radius 3 is 1.12 bits per heavy atom. The Bertz CT molecular complexity index is 5830. The number of para-hydroxylation sites is 5. The number of hydrogen-bond donors (Lipinski definition) is 0. The van der Waals surface area contributed by atoms with Crippen LogP contribution in [0.1, 0.15) is 5.56 Å². The van der Waals surface area contributed by atoms with Crippen LogP contribution in [0.25, 0.3) is 151 Å².